The van der Waals surface area contributed by atoms with Crippen molar-refractivity contribution in [3.63, 3.8) is 0 Å². The molecule has 0 aromatic heterocycles. The Kier molecular flexibility index (Phi) is 1.63. The van der Waals surface area contributed by atoms with Gasteiger partial charge in [0.05, 0.1) is 4.83 Å². The summed E-state index contributed by atoms with van der Waals surface area (Å²) in [6.07, 6.45) is 7.21. The van der Waals surface area contributed by atoms with Gasteiger partial charge in [0.2, 0.25) is 0 Å². The Morgan fingerprint density at radius 1 is 1.23 bits per heavy atom. The van der Waals surface area contributed by atoms with Gasteiger partial charge >= 0.3 is 0 Å². The van der Waals surface area contributed by atoms with E-state index in [-0.39, 0.29) is 0 Å². The molecule has 1 aromatic rings. The fourth-order valence-electron chi connectivity index (χ4n) is 2.53. The van der Waals surface area contributed by atoms with Gasteiger partial charge in [-0.1, -0.05) is 46.3 Å². The molecule has 2 unspecified atom stereocenters. The van der Waals surface area contributed by atoms with Crippen molar-refractivity contribution in [3.05, 3.63) is 47.0 Å². The molecule has 0 spiro atoms. The molecule has 0 radical (unpaired) electrons. The highest BCUT2D eigenvalue weighted by Gasteiger charge is 2.27. The number of alkyl halides is 1. The fraction of sp³-hybridized carbons (Fsp3) is 0.333. The SMILES string of the molecule is BrC1C=CC2CCc3cccc1c32. The molecule has 0 amide bonds. The maximum Gasteiger partial charge on any atom is 0.0578 e. The van der Waals surface area contributed by atoms with Crippen LogP contribution in [0.25, 0.3) is 0 Å². The standard InChI is InChI=1S/C12H11Br/c13-11-7-6-9-5-4-8-2-1-3-10(11)12(8)9/h1-3,6-7,9,11H,4-5H2. The minimum atomic E-state index is 0.441. The van der Waals surface area contributed by atoms with Crippen LogP contribution >= 0.6 is 15.9 Å². The molecule has 0 heterocycles. The summed E-state index contributed by atoms with van der Waals surface area (Å²) in [6.45, 7) is 0. The number of rotatable bonds is 0. The van der Waals surface area contributed by atoms with Gasteiger partial charge in [0.1, 0.15) is 0 Å². The summed E-state index contributed by atoms with van der Waals surface area (Å²) in [7, 11) is 0. The number of halogens is 1. The van der Waals surface area contributed by atoms with Crippen LogP contribution in [-0.4, -0.2) is 0 Å². The van der Waals surface area contributed by atoms with E-state index in [0.29, 0.717) is 10.7 Å². The molecule has 0 fully saturated rings. The van der Waals surface area contributed by atoms with Crippen LogP contribution in [0.3, 0.4) is 0 Å². The molecule has 2 aliphatic carbocycles. The van der Waals surface area contributed by atoms with E-state index in [1.165, 1.54) is 18.4 Å². The zero-order valence-electron chi connectivity index (χ0n) is 7.33. The van der Waals surface area contributed by atoms with Gasteiger partial charge in [0.25, 0.3) is 0 Å². The van der Waals surface area contributed by atoms with E-state index >= 15 is 0 Å². The third-order valence-corrected chi connectivity index (χ3v) is 3.93. The first-order chi connectivity index (χ1) is 6.36. The molecule has 0 N–H and O–H groups in total. The van der Waals surface area contributed by atoms with Crippen molar-refractivity contribution in [1.29, 1.82) is 0 Å². The molecule has 1 heteroatoms. The lowest BCUT2D eigenvalue weighted by Crippen LogP contribution is -2.02. The van der Waals surface area contributed by atoms with E-state index < -0.39 is 0 Å². The van der Waals surface area contributed by atoms with Crippen molar-refractivity contribution in [2.45, 2.75) is 23.6 Å². The van der Waals surface area contributed by atoms with Crippen LogP contribution in [0.4, 0.5) is 0 Å². The molecule has 0 saturated heterocycles. The number of hydrogen-bond donors (Lipinski definition) is 0. The van der Waals surface area contributed by atoms with E-state index in [1.807, 2.05) is 0 Å². The summed E-state index contributed by atoms with van der Waals surface area (Å²) in [5.74, 6) is 0.708. The van der Waals surface area contributed by atoms with Crippen LogP contribution < -0.4 is 0 Å². The second-order valence-electron chi connectivity index (χ2n) is 3.85. The largest absolute Gasteiger partial charge is 0.0795 e. The molecule has 0 saturated carbocycles. The number of aryl methyl sites for hydroxylation is 1. The van der Waals surface area contributed by atoms with E-state index in [2.05, 4.69) is 46.3 Å². The van der Waals surface area contributed by atoms with Crippen LogP contribution in [0.1, 0.15) is 33.9 Å². The highest BCUT2D eigenvalue weighted by Crippen LogP contribution is 2.44. The Morgan fingerprint density at radius 3 is 3.08 bits per heavy atom. The molecular weight excluding hydrogens is 224 g/mol. The highest BCUT2D eigenvalue weighted by molar-refractivity contribution is 9.09. The predicted molar refractivity (Wildman–Crippen MR) is 58.3 cm³/mol. The molecule has 2 atom stereocenters. The van der Waals surface area contributed by atoms with Crippen LogP contribution in [-0.2, 0) is 6.42 Å². The molecule has 0 bridgehead atoms. The topological polar surface area (TPSA) is 0 Å². The van der Waals surface area contributed by atoms with Gasteiger partial charge in [-0.2, -0.15) is 0 Å². The minimum Gasteiger partial charge on any atom is -0.0795 e. The normalized spacial score (nSPS) is 29.0. The summed E-state index contributed by atoms with van der Waals surface area (Å²) in [5.41, 5.74) is 4.66. The Balaban J connectivity index is 2.27. The monoisotopic (exact) mass is 234 g/mol. The van der Waals surface area contributed by atoms with E-state index in [4.69, 9.17) is 0 Å². The quantitative estimate of drug-likeness (QED) is 0.475. The molecule has 13 heavy (non-hydrogen) atoms. The van der Waals surface area contributed by atoms with E-state index in [9.17, 15) is 0 Å². The van der Waals surface area contributed by atoms with Crippen molar-refractivity contribution < 1.29 is 0 Å². The summed E-state index contributed by atoms with van der Waals surface area (Å²) in [6, 6.07) is 6.71. The Labute approximate surface area is 86.8 Å². The van der Waals surface area contributed by atoms with Gasteiger partial charge in [-0.15, -0.1) is 0 Å². The smallest absolute Gasteiger partial charge is 0.0578 e. The molecule has 1 aromatic carbocycles. The average Bonchev–Trinajstić information content (AvgIpc) is 2.57. The Hall–Kier alpha value is -0.560. The number of benzene rings is 1. The Bertz CT molecular complexity index is 379. The zero-order valence-corrected chi connectivity index (χ0v) is 8.92. The minimum absolute atomic E-state index is 0.441. The van der Waals surface area contributed by atoms with Gasteiger partial charge < -0.3 is 0 Å². The van der Waals surface area contributed by atoms with Crippen LogP contribution in [0.5, 0.6) is 0 Å². The second-order valence-corrected chi connectivity index (χ2v) is 4.84. The molecule has 3 rings (SSSR count). The van der Waals surface area contributed by atoms with Crippen molar-refractivity contribution in [2.75, 3.05) is 0 Å². The first kappa shape index (κ1) is 7.81. The highest BCUT2D eigenvalue weighted by atomic mass is 79.9. The van der Waals surface area contributed by atoms with Gasteiger partial charge in [-0.05, 0) is 29.5 Å². The third-order valence-electron chi connectivity index (χ3n) is 3.14. The molecule has 66 valence electrons. The summed E-state index contributed by atoms with van der Waals surface area (Å²) < 4.78 is 0. The maximum absolute atomic E-state index is 3.69. The van der Waals surface area contributed by atoms with Gasteiger partial charge in [-0.3, -0.25) is 0 Å². The summed E-state index contributed by atoms with van der Waals surface area (Å²) in [4.78, 5) is 0.441. The van der Waals surface area contributed by atoms with Crippen molar-refractivity contribution in [1.82, 2.24) is 0 Å². The van der Waals surface area contributed by atoms with Crippen LogP contribution in [0, 0.1) is 0 Å². The van der Waals surface area contributed by atoms with Crippen molar-refractivity contribution >= 4 is 15.9 Å². The predicted octanol–water partition coefficient (Wildman–Crippen LogP) is 3.72. The lowest BCUT2D eigenvalue weighted by Gasteiger charge is -2.20. The fourth-order valence-corrected chi connectivity index (χ4v) is 3.10. The van der Waals surface area contributed by atoms with Gasteiger partial charge in [-0.25, -0.2) is 0 Å². The van der Waals surface area contributed by atoms with Crippen molar-refractivity contribution in [3.8, 4) is 0 Å². The van der Waals surface area contributed by atoms with Crippen LogP contribution in [0.2, 0.25) is 0 Å². The maximum atomic E-state index is 3.69. The lowest BCUT2D eigenvalue weighted by molar-refractivity contribution is 0.795. The molecular formula is C12H11Br. The summed E-state index contributed by atoms with van der Waals surface area (Å²) >= 11 is 3.69. The van der Waals surface area contributed by atoms with Gasteiger partial charge in [0.15, 0.2) is 0 Å². The second kappa shape index (κ2) is 2.71. The third kappa shape index (κ3) is 1.03. The molecule has 0 aliphatic heterocycles. The van der Waals surface area contributed by atoms with Crippen LogP contribution in [0.15, 0.2) is 30.4 Å². The summed E-state index contributed by atoms with van der Waals surface area (Å²) in [5, 5.41) is 0. The zero-order chi connectivity index (χ0) is 8.84. The first-order valence-electron chi connectivity index (χ1n) is 4.80. The van der Waals surface area contributed by atoms with Crippen molar-refractivity contribution in [2.24, 2.45) is 0 Å². The van der Waals surface area contributed by atoms with E-state index in [1.54, 1.807) is 11.1 Å². The van der Waals surface area contributed by atoms with Gasteiger partial charge in [0, 0.05) is 5.92 Å². The lowest BCUT2D eigenvalue weighted by atomic mass is 9.89. The Morgan fingerprint density at radius 2 is 2.15 bits per heavy atom. The average molecular weight is 235 g/mol. The van der Waals surface area contributed by atoms with E-state index in [0.717, 1.165) is 0 Å². The molecule has 2 aliphatic rings. The first-order valence-corrected chi connectivity index (χ1v) is 5.72. The molecule has 0 nitrogen and oxygen atoms in total. The number of allylic oxidation sites excluding steroid dienone is 2. The number of hydrogen-bond acceptors (Lipinski definition) is 0.